The van der Waals surface area contributed by atoms with Crippen LogP contribution in [-0.2, 0) is 12.4 Å². The first-order valence-electron chi connectivity index (χ1n) is 16.1. The molecule has 2 aromatic carbocycles. The predicted octanol–water partition coefficient (Wildman–Crippen LogP) is 8.64. The fourth-order valence-corrected chi connectivity index (χ4v) is 6.67. The lowest BCUT2D eigenvalue weighted by Gasteiger charge is -2.14. The van der Waals surface area contributed by atoms with Gasteiger partial charge in [-0.05, 0) is 112 Å². The van der Waals surface area contributed by atoms with Gasteiger partial charge in [0, 0.05) is 44.9 Å². The van der Waals surface area contributed by atoms with Crippen molar-refractivity contribution in [2.24, 2.45) is 0 Å². The minimum absolute atomic E-state index is 0.473. The highest BCUT2D eigenvalue weighted by Crippen LogP contribution is 2.28. The van der Waals surface area contributed by atoms with E-state index in [1.807, 2.05) is 53.2 Å². The highest BCUT2D eigenvalue weighted by atomic mass is 79.9. The van der Waals surface area contributed by atoms with Gasteiger partial charge in [-0.15, -0.1) is 21.8 Å². The number of nitrogens with zero attached hydrogens (tertiary/aromatic N) is 7. The maximum atomic E-state index is 5.83. The van der Waals surface area contributed by atoms with Crippen LogP contribution in [0.2, 0.25) is 0 Å². The molecule has 2 aliphatic heterocycles. The van der Waals surface area contributed by atoms with Crippen molar-refractivity contribution >= 4 is 54.8 Å². The number of rotatable bonds is 5. The number of likely N-dealkylation sites (tertiary alicyclic amines) is 1. The van der Waals surface area contributed by atoms with Crippen molar-refractivity contribution in [3.63, 3.8) is 0 Å². The van der Waals surface area contributed by atoms with Crippen molar-refractivity contribution in [3.8, 4) is 22.8 Å². The zero-order valence-corrected chi connectivity index (χ0v) is 30.7. The SMILES string of the molecule is C1CCNC1.Cc1c(Br)cccc1-c1nc2ccc(CCl)cn2n1.Cc1c(Br)cccc1-c1nc2ccc(CN3CCCC3)cn2n1. The summed E-state index contributed by atoms with van der Waals surface area (Å²) in [5.74, 6) is 1.98. The molecule has 0 bridgehead atoms. The number of benzene rings is 2. The average Bonchev–Trinajstić information content (AvgIpc) is 3.92. The van der Waals surface area contributed by atoms with Crippen LogP contribution in [0, 0.1) is 13.8 Å². The summed E-state index contributed by atoms with van der Waals surface area (Å²) >= 11 is 12.9. The van der Waals surface area contributed by atoms with E-state index in [1.54, 1.807) is 4.52 Å². The number of hydrogen-bond donors (Lipinski definition) is 1. The zero-order chi connectivity index (χ0) is 32.8. The van der Waals surface area contributed by atoms with Gasteiger partial charge in [-0.1, -0.05) is 68.3 Å². The Morgan fingerprint density at radius 1 is 0.681 bits per heavy atom. The molecule has 0 aliphatic carbocycles. The summed E-state index contributed by atoms with van der Waals surface area (Å²) in [5.41, 5.74) is 8.44. The molecule has 0 unspecified atom stereocenters. The summed E-state index contributed by atoms with van der Waals surface area (Å²) < 4.78 is 5.82. The molecule has 47 heavy (non-hydrogen) atoms. The number of nitrogens with one attached hydrogen (secondary N) is 1. The number of pyridine rings is 2. The summed E-state index contributed by atoms with van der Waals surface area (Å²) in [6.07, 6.45) is 9.43. The van der Waals surface area contributed by atoms with Crippen molar-refractivity contribution in [1.82, 2.24) is 39.4 Å². The van der Waals surface area contributed by atoms with Gasteiger partial charge in [-0.3, -0.25) is 4.90 Å². The summed E-state index contributed by atoms with van der Waals surface area (Å²) in [6.45, 7) is 10.1. The van der Waals surface area contributed by atoms with Crippen LogP contribution in [0.15, 0.2) is 82.0 Å². The van der Waals surface area contributed by atoms with Crippen molar-refractivity contribution in [3.05, 3.63) is 104 Å². The van der Waals surface area contributed by atoms with Gasteiger partial charge in [0.2, 0.25) is 0 Å². The highest BCUT2D eigenvalue weighted by molar-refractivity contribution is 9.10. The fraction of sp³-hybridized carbons (Fsp3) is 0.333. The molecule has 0 atom stereocenters. The van der Waals surface area contributed by atoms with E-state index in [1.165, 1.54) is 63.0 Å². The quantitative estimate of drug-likeness (QED) is 0.177. The topological polar surface area (TPSA) is 75.7 Å². The van der Waals surface area contributed by atoms with Crippen molar-refractivity contribution in [2.45, 2.75) is 52.0 Å². The lowest BCUT2D eigenvalue weighted by molar-refractivity contribution is 0.331. The number of hydrogen-bond acceptors (Lipinski definition) is 6. The second-order valence-electron chi connectivity index (χ2n) is 11.9. The maximum Gasteiger partial charge on any atom is 0.182 e. The molecule has 8 nitrogen and oxygen atoms in total. The summed E-state index contributed by atoms with van der Waals surface area (Å²) in [7, 11) is 0. The van der Waals surface area contributed by atoms with Crippen LogP contribution in [0.25, 0.3) is 34.1 Å². The van der Waals surface area contributed by atoms with Gasteiger partial charge in [0.05, 0.1) is 0 Å². The molecule has 0 spiro atoms. The van der Waals surface area contributed by atoms with Crippen LogP contribution >= 0.6 is 43.5 Å². The van der Waals surface area contributed by atoms with E-state index in [0.717, 1.165) is 60.7 Å². The van der Waals surface area contributed by atoms with Crippen LogP contribution in [-0.4, -0.2) is 60.3 Å². The minimum Gasteiger partial charge on any atom is -0.317 e. The Kier molecular flexibility index (Phi) is 11.4. The van der Waals surface area contributed by atoms with Crippen molar-refractivity contribution < 1.29 is 0 Å². The highest BCUT2D eigenvalue weighted by Gasteiger charge is 2.14. The molecule has 11 heteroatoms. The summed E-state index contributed by atoms with van der Waals surface area (Å²) in [4.78, 5) is 11.7. The lowest BCUT2D eigenvalue weighted by atomic mass is 10.1. The Morgan fingerprint density at radius 2 is 1.19 bits per heavy atom. The fourth-order valence-electron chi connectivity index (χ4n) is 5.78. The molecule has 6 heterocycles. The molecule has 2 fully saturated rings. The van der Waals surface area contributed by atoms with Crippen molar-refractivity contribution in [2.75, 3.05) is 26.2 Å². The van der Waals surface area contributed by atoms with E-state index in [4.69, 9.17) is 11.6 Å². The molecular formula is C36H39Br2ClN8. The first kappa shape index (κ1) is 33.7. The Hall–Kier alpha value is -3.15. The van der Waals surface area contributed by atoms with E-state index in [0.29, 0.717) is 5.88 Å². The molecule has 0 radical (unpaired) electrons. The van der Waals surface area contributed by atoms with Crippen molar-refractivity contribution in [1.29, 1.82) is 0 Å². The first-order valence-corrected chi connectivity index (χ1v) is 18.2. The van der Waals surface area contributed by atoms with Crippen LogP contribution in [0.3, 0.4) is 0 Å². The van der Waals surface area contributed by atoms with E-state index < -0.39 is 0 Å². The zero-order valence-electron chi connectivity index (χ0n) is 26.8. The first-order chi connectivity index (χ1) is 22.9. The van der Waals surface area contributed by atoms with Crippen LogP contribution in [0.4, 0.5) is 0 Å². The second kappa shape index (κ2) is 15.8. The number of halogens is 3. The summed E-state index contributed by atoms with van der Waals surface area (Å²) in [5, 5.41) is 12.4. The molecule has 2 saturated heterocycles. The average molecular weight is 779 g/mol. The largest absolute Gasteiger partial charge is 0.317 e. The van der Waals surface area contributed by atoms with Crippen LogP contribution in [0.1, 0.15) is 47.9 Å². The second-order valence-corrected chi connectivity index (χ2v) is 13.9. The number of fused-ring (bicyclic) bond motifs is 2. The number of aromatic nitrogens is 6. The third-order valence-corrected chi connectivity index (χ3v) is 10.5. The smallest absolute Gasteiger partial charge is 0.182 e. The van der Waals surface area contributed by atoms with E-state index in [2.05, 4.69) is 100 Å². The number of alkyl halides is 1. The Morgan fingerprint density at radius 3 is 1.68 bits per heavy atom. The van der Waals surface area contributed by atoms with Gasteiger partial charge in [-0.25, -0.2) is 19.0 Å². The minimum atomic E-state index is 0.473. The predicted molar refractivity (Wildman–Crippen MR) is 198 cm³/mol. The van der Waals surface area contributed by atoms with Gasteiger partial charge in [0.15, 0.2) is 22.9 Å². The van der Waals surface area contributed by atoms with E-state index in [-0.39, 0.29) is 0 Å². The Balaban J connectivity index is 0.000000145. The lowest BCUT2D eigenvalue weighted by Crippen LogP contribution is -2.18. The molecule has 1 N–H and O–H groups in total. The Labute approximate surface area is 297 Å². The molecule has 6 aromatic rings. The molecule has 8 rings (SSSR count). The molecule has 4 aromatic heterocycles. The third-order valence-electron chi connectivity index (χ3n) is 8.52. The van der Waals surface area contributed by atoms with Gasteiger partial charge >= 0.3 is 0 Å². The normalized spacial score (nSPS) is 14.7. The van der Waals surface area contributed by atoms with Crippen LogP contribution < -0.4 is 5.32 Å². The third kappa shape index (κ3) is 8.29. The van der Waals surface area contributed by atoms with Gasteiger partial charge < -0.3 is 5.32 Å². The molecule has 244 valence electrons. The molecule has 0 amide bonds. The van der Waals surface area contributed by atoms with E-state index >= 15 is 0 Å². The van der Waals surface area contributed by atoms with E-state index in [9.17, 15) is 0 Å². The molecular weight excluding hydrogens is 740 g/mol. The monoisotopic (exact) mass is 776 g/mol. The molecule has 0 saturated carbocycles. The van der Waals surface area contributed by atoms with Gasteiger partial charge in [-0.2, -0.15) is 0 Å². The van der Waals surface area contributed by atoms with Gasteiger partial charge in [0.25, 0.3) is 0 Å². The van der Waals surface area contributed by atoms with Gasteiger partial charge in [0.1, 0.15) is 0 Å². The molecule has 2 aliphatic rings. The van der Waals surface area contributed by atoms with Crippen LogP contribution in [0.5, 0.6) is 0 Å². The standard InChI is InChI=1S/C18H19BrN4.C14H11BrClN3.C4H9N/c1-13-15(5-4-6-16(13)19)18-20-17-8-7-14(12-23(17)21-18)11-22-9-2-3-10-22;1-9-11(3-2-4-12(9)15)14-17-13-6-5-10(7-16)8-19(13)18-14;1-2-4-5-3-1/h4-8,12H,2-3,9-11H2,1H3;2-6,8H,7H2,1H3;5H,1-4H2. The summed E-state index contributed by atoms with van der Waals surface area (Å²) in [6, 6.07) is 20.3. The Bertz CT molecular complexity index is 1950. The maximum absolute atomic E-state index is 5.83.